The summed E-state index contributed by atoms with van der Waals surface area (Å²) in [6.07, 6.45) is 1.33. The van der Waals surface area contributed by atoms with Gasteiger partial charge in [-0.05, 0) is 23.1 Å². The monoisotopic (exact) mass is 329 g/mol. The van der Waals surface area contributed by atoms with Crippen LogP contribution in [0.3, 0.4) is 0 Å². The molecular formula is C23H23NO. The van der Waals surface area contributed by atoms with Crippen molar-refractivity contribution in [3.63, 3.8) is 0 Å². The van der Waals surface area contributed by atoms with E-state index in [-0.39, 0.29) is 5.91 Å². The van der Waals surface area contributed by atoms with Crippen LogP contribution in [0.5, 0.6) is 0 Å². The number of hydrogen-bond acceptors (Lipinski definition) is 1. The van der Waals surface area contributed by atoms with Gasteiger partial charge in [-0.15, -0.1) is 0 Å². The molecule has 0 aliphatic carbocycles. The second-order valence-electron chi connectivity index (χ2n) is 6.15. The molecule has 0 saturated heterocycles. The number of carbonyl (C=O) groups is 1. The maximum atomic E-state index is 12.7. The van der Waals surface area contributed by atoms with Gasteiger partial charge >= 0.3 is 0 Å². The molecule has 126 valence electrons. The van der Waals surface area contributed by atoms with Crippen molar-refractivity contribution in [2.75, 3.05) is 0 Å². The van der Waals surface area contributed by atoms with Crippen LogP contribution in [-0.4, -0.2) is 5.91 Å². The number of amides is 1. The van der Waals surface area contributed by atoms with Gasteiger partial charge in [-0.25, -0.2) is 0 Å². The molecule has 3 aromatic rings. The fourth-order valence-electron chi connectivity index (χ4n) is 3.28. The summed E-state index contributed by atoms with van der Waals surface area (Å²) in [7, 11) is 0. The Morgan fingerprint density at radius 1 is 0.720 bits per heavy atom. The predicted octanol–water partition coefficient (Wildman–Crippen LogP) is 4.89. The molecule has 0 bridgehead atoms. The third kappa shape index (κ3) is 3.48. The molecule has 0 saturated carbocycles. The second kappa shape index (κ2) is 7.80. The van der Waals surface area contributed by atoms with Crippen molar-refractivity contribution in [3.8, 4) is 0 Å². The van der Waals surface area contributed by atoms with Gasteiger partial charge in [-0.2, -0.15) is 0 Å². The minimum atomic E-state index is -0.698. The van der Waals surface area contributed by atoms with E-state index < -0.39 is 5.54 Å². The van der Waals surface area contributed by atoms with Gasteiger partial charge in [0.25, 0.3) is 0 Å². The zero-order chi connectivity index (χ0) is 17.5. The average Bonchev–Trinajstić information content (AvgIpc) is 2.68. The van der Waals surface area contributed by atoms with Crippen LogP contribution < -0.4 is 5.32 Å². The Labute approximate surface area is 149 Å². The summed E-state index contributed by atoms with van der Waals surface area (Å²) in [5, 5.41) is 3.34. The number of rotatable bonds is 6. The van der Waals surface area contributed by atoms with Crippen molar-refractivity contribution >= 4 is 5.91 Å². The van der Waals surface area contributed by atoms with Crippen LogP contribution in [0.4, 0.5) is 0 Å². The van der Waals surface area contributed by atoms with E-state index in [1.54, 1.807) is 0 Å². The highest BCUT2D eigenvalue weighted by atomic mass is 16.1. The lowest BCUT2D eigenvalue weighted by Gasteiger charge is -2.37. The first-order valence-electron chi connectivity index (χ1n) is 8.75. The summed E-state index contributed by atoms with van der Waals surface area (Å²) in [6, 6.07) is 30.5. The van der Waals surface area contributed by atoms with Gasteiger partial charge in [0.05, 0.1) is 0 Å². The van der Waals surface area contributed by atoms with Gasteiger partial charge < -0.3 is 5.32 Å². The fraction of sp³-hybridized carbons (Fsp3) is 0.174. The van der Waals surface area contributed by atoms with E-state index in [2.05, 4.69) is 41.7 Å². The maximum Gasteiger partial charge on any atom is 0.221 e. The number of nitrogens with one attached hydrogen (secondary N) is 1. The van der Waals surface area contributed by atoms with E-state index in [1.165, 1.54) is 0 Å². The molecule has 0 atom stereocenters. The lowest BCUT2D eigenvalue weighted by Crippen LogP contribution is -2.47. The second-order valence-corrected chi connectivity index (χ2v) is 6.15. The zero-order valence-corrected chi connectivity index (χ0v) is 14.5. The van der Waals surface area contributed by atoms with Crippen LogP contribution in [0.1, 0.15) is 36.5 Å². The molecule has 0 unspecified atom stereocenters. The van der Waals surface area contributed by atoms with Crippen molar-refractivity contribution in [2.24, 2.45) is 0 Å². The minimum absolute atomic E-state index is 0.0547. The molecule has 0 heterocycles. The number of carbonyl (C=O) groups excluding carboxylic acids is 1. The Kier molecular flexibility index (Phi) is 5.30. The first kappa shape index (κ1) is 17.0. The average molecular weight is 329 g/mol. The van der Waals surface area contributed by atoms with E-state index in [9.17, 15) is 4.79 Å². The van der Waals surface area contributed by atoms with Crippen molar-refractivity contribution < 1.29 is 4.79 Å². The van der Waals surface area contributed by atoms with Crippen LogP contribution in [0, 0.1) is 0 Å². The maximum absolute atomic E-state index is 12.7. The summed E-state index contributed by atoms with van der Waals surface area (Å²) in [6.45, 7) is 2.02. The third-order valence-corrected chi connectivity index (χ3v) is 4.42. The number of benzene rings is 3. The standard InChI is InChI=1S/C23H23NO/c1-2-12-22(25)24-23(19-13-6-3-7-14-19,20-15-8-4-9-16-20)21-17-10-5-11-18-21/h3-11,13-18H,2,12H2,1H3,(H,24,25). The Balaban J connectivity index is 2.26. The smallest absolute Gasteiger partial charge is 0.221 e. The molecule has 0 fully saturated rings. The third-order valence-electron chi connectivity index (χ3n) is 4.42. The Bertz CT molecular complexity index is 701. The number of hydrogen-bond donors (Lipinski definition) is 1. The van der Waals surface area contributed by atoms with Crippen LogP contribution >= 0.6 is 0 Å². The highest BCUT2D eigenvalue weighted by Gasteiger charge is 2.37. The van der Waals surface area contributed by atoms with Gasteiger partial charge in [0, 0.05) is 6.42 Å². The van der Waals surface area contributed by atoms with Crippen LogP contribution in [-0.2, 0) is 10.3 Å². The van der Waals surface area contributed by atoms with E-state index in [4.69, 9.17) is 0 Å². The molecule has 1 amide bonds. The molecular weight excluding hydrogens is 306 g/mol. The van der Waals surface area contributed by atoms with Crippen molar-refractivity contribution in [1.29, 1.82) is 0 Å². The van der Waals surface area contributed by atoms with Crippen LogP contribution in [0.15, 0.2) is 91.0 Å². The zero-order valence-electron chi connectivity index (χ0n) is 14.5. The minimum Gasteiger partial charge on any atom is -0.338 e. The molecule has 0 radical (unpaired) electrons. The first-order valence-corrected chi connectivity index (χ1v) is 8.75. The molecule has 2 heteroatoms. The van der Waals surface area contributed by atoms with E-state index >= 15 is 0 Å². The molecule has 3 aromatic carbocycles. The van der Waals surface area contributed by atoms with Gasteiger partial charge in [-0.1, -0.05) is 97.9 Å². The molecule has 2 nitrogen and oxygen atoms in total. The molecule has 0 aliphatic rings. The van der Waals surface area contributed by atoms with Gasteiger partial charge in [0.2, 0.25) is 5.91 Å². The molecule has 25 heavy (non-hydrogen) atoms. The first-order chi connectivity index (χ1) is 12.3. The summed E-state index contributed by atoms with van der Waals surface area (Å²) < 4.78 is 0. The van der Waals surface area contributed by atoms with E-state index in [1.807, 2.05) is 61.5 Å². The highest BCUT2D eigenvalue weighted by molar-refractivity contribution is 5.79. The Morgan fingerprint density at radius 2 is 1.08 bits per heavy atom. The summed E-state index contributed by atoms with van der Waals surface area (Å²) in [5.41, 5.74) is 2.46. The predicted molar refractivity (Wildman–Crippen MR) is 102 cm³/mol. The van der Waals surface area contributed by atoms with Crippen molar-refractivity contribution in [2.45, 2.75) is 25.3 Å². The molecule has 0 spiro atoms. The normalized spacial score (nSPS) is 11.1. The van der Waals surface area contributed by atoms with Gasteiger partial charge in [0.15, 0.2) is 0 Å². The molecule has 1 N–H and O–H groups in total. The Hall–Kier alpha value is -2.87. The molecule has 0 aliphatic heterocycles. The SMILES string of the molecule is CCCC(=O)NC(c1ccccc1)(c1ccccc1)c1ccccc1. The van der Waals surface area contributed by atoms with Gasteiger partial charge in [0.1, 0.15) is 5.54 Å². The quantitative estimate of drug-likeness (QED) is 0.641. The molecule has 3 rings (SSSR count). The molecule has 0 aromatic heterocycles. The lowest BCUT2D eigenvalue weighted by atomic mass is 9.77. The van der Waals surface area contributed by atoms with E-state index in [0.717, 1.165) is 23.1 Å². The summed E-state index contributed by atoms with van der Waals surface area (Å²) >= 11 is 0. The van der Waals surface area contributed by atoms with Crippen LogP contribution in [0.2, 0.25) is 0 Å². The summed E-state index contributed by atoms with van der Waals surface area (Å²) in [4.78, 5) is 12.7. The lowest BCUT2D eigenvalue weighted by molar-refractivity contribution is -0.122. The van der Waals surface area contributed by atoms with Gasteiger partial charge in [-0.3, -0.25) is 4.79 Å². The van der Waals surface area contributed by atoms with E-state index in [0.29, 0.717) is 6.42 Å². The largest absolute Gasteiger partial charge is 0.338 e. The van der Waals surface area contributed by atoms with Crippen LogP contribution in [0.25, 0.3) is 0 Å². The van der Waals surface area contributed by atoms with Crippen molar-refractivity contribution in [3.05, 3.63) is 108 Å². The fourth-order valence-corrected chi connectivity index (χ4v) is 3.28. The summed E-state index contributed by atoms with van der Waals surface area (Å²) in [5.74, 6) is 0.0547. The highest BCUT2D eigenvalue weighted by Crippen LogP contribution is 2.36. The Morgan fingerprint density at radius 3 is 1.40 bits per heavy atom. The van der Waals surface area contributed by atoms with Crippen molar-refractivity contribution in [1.82, 2.24) is 5.32 Å². The topological polar surface area (TPSA) is 29.1 Å².